The van der Waals surface area contributed by atoms with E-state index in [9.17, 15) is 9.59 Å². The Morgan fingerprint density at radius 3 is 1.77 bits per heavy atom. The number of esters is 2. The van der Waals surface area contributed by atoms with E-state index in [1.807, 2.05) is 18.2 Å². The van der Waals surface area contributed by atoms with E-state index in [-0.39, 0.29) is 31.8 Å². The highest BCUT2D eigenvalue weighted by molar-refractivity contribution is 5.90. The van der Waals surface area contributed by atoms with Gasteiger partial charge < -0.3 is 24.3 Å². The van der Waals surface area contributed by atoms with Crippen LogP contribution in [0.15, 0.2) is 54.6 Å². The summed E-state index contributed by atoms with van der Waals surface area (Å²) in [6.07, 6.45) is 2.24. The first kappa shape index (κ1) is 24.4. The third kappa shape index (κ3) is 10.1. The first-order valence-electron chi connectivity index (χ1n) is 10.6. The van der Waals surface area contributed by atoms with E-state index in [0.29, 0.717) is 30.9 Å². The van der Waals surface area contributed by atoms with Crippen molar-refractivity contribution in [2.24, 2.45) is 0 Å². The summed E-state index contributed by atoms with van der Waals surface area (Å²) >= 11 is 0. The van der Waals surface area contributed by atoms with Gasteiger partial charge in [-0.3, -0.25) is 0 Å². The number of unbranched alkanes of at least 4 members (excludes halogenated alkanes) is 1. The molecule has 0 aromatic heterocycles. The Morgan fingerprint density at radius 1 is 0.710 bits per heavy atom. The van der Waals surface area contributed by atoms with Crippen LogP contribution in [0.2, 0.25) is 0 Å². The standard InChI is InChI=1S/C24H31NO6/c1-2-3-13-25-22-11-9-21(10-12-22)24(27)31-19-17-29-15-14-28-16-18-30-23(26)20-7-5-4-6-8-20/h4-12,25H,2-3,13-19H2,1H3. The lowest BCUT2D eigenvalue weighted by Crippen LogP contribution is -2.15. The van der Waals surface area contributed by atoms with Crippen molar-refractivity contribution in [2.45, 2.75) is 19.8 Å². The Balaban J connectivity index is 1.45. The van der Waals surface area contributed by atoms with E-state index in [2.05, 4.69) is 12.2 Å². The van der Waals surface area contributed by atoms with Gasteiger partial charge in [-0.05, 0) is 42.8 Å². The summed E-state index contributed by atoms with van der Waals surface area (Å²) in [5, 5.41) is 3.30. The van der Waals surface area contributed by atoms with Crippen LogP contribution in [-0.2, 0) is 18.9 Å². The number of nitrogens with one attached hydrogen (secondary N) is 1. The van der Waals surface area contributed by atoms with E-state index >= 15 is 0 Å². The topological polar surface area (TPSA) is 83.1 Å². The van der Waals surface area contributed by atoms with Gasteiger partial charge >= 0.3 is 11.9 Å². The number of benzene rings is 2. The van der Waals surface area contributed by atoms with Gasteiger partial charge in [0.25, 0.3) is 0 Å². The van der Waals surface area contributed by atoms with Gasteiger partial charge in [0.2, 0.25) is 0 Å². The van der Waals surface area contributed by atoms with Gasteiger partial charge in [-0.15, -0.1) is 0 Å². The molecule has 0 saturated carbocycles. The Bertz CT molecular complexity index is 763. The molecule has 0 fully saturated rings. The number of rotatable bonds is 15. The molecular weight excluding hydrogens is 398 g/mol. The second-order valence-electron chi connectivity index (χ2n) is 6.72. The fourth-order valence-electron chi connectivity index (χ4n) is 2.58. The molecule has 0 aliphatic carbocycles. The molecule has 0 bridgehead atoms. The summed E-state index contributed by atoms with van der Waals surface area (Å²) in [5.41, 5.74) is 2.01. The molecule has 0 atom stereocenters. The molecule has 0 unspecified atom stereocenters. The lowest BCUT2D eigenvalue weighted by atomic mass is 10.2. The highest BCUT2D eigenvalue weighted by Crippen LogP contribution is 2.10. The molecule has 2 aromatic carbocycles. The van der Waals surface area contributed by atoms with Crippen LogP contribution in [0.5, 0.6) is 0 Å². The summed E-state index contributed by atoms with van der Waals surface area (Å²) in [6, 6.07) is 16.0. The third-order valence-electron chi connectivity index (χ3n) is 4.28. The summed E-state index contributed by atoms with van der Waals surface area (Å²) in [4.78, 5) is 23.7. The maximum Gasteiger partial charge on any atom is 0.338 e. The van der Waals surface area contributed by atoms with Crippen LogP contribution in [0, 0.1) is 0 Å². The highest BCUT2D eigenvalue weighted by atomic mass is 16.6. The van der Waals surface area contributed by atoms with E-state index < -0.39 is 0 Å². The molecule has 7 heteroatoms. The molecule has 7 nitrogen and oxygen atoms in total. The maximum atomic E-state index is 12.0. The zero-order valence-electron chi connectivity index (χ0n) is 18.0. The van der Waals surface area contributed by atoms with Crippen LogP contribution in [0.3, 0.4) is 0 Å². The third-order valence-corrected chi connectivity index (χ3v) is 4.28. The van der Waals surface area contributed by atoms with Crippen molar-refractivity contribution in [3.8, 4) is 0 Å². The number of hydrogen-bond acceptors (Lipinski definition) is 7. The van der Waals surface area contributed by atoms with Crippen molar-refractivity contribution >= 4 is 17.6 Å². The molecule has 0 amide bonds. The van der Waals surface area contributed by atoms with Crippen LogP contribution >= 0.6 is 0 Å². The predicted octanol–water partition coefficient (Wildman–Crippen LogP) is 3.95. The Morgan fingerprint density at radius 2 is 1.23 bits per heavy atom. The molecule has 2 rings (SSSR count). The van der Waals surface area contributed by atoms with Crippen LogP contribution in [0.1, 0.15) is 40.5 Å². The van der Waals surface area contributed by atoms with Crippen molar-refractivity contribution in [3.63, 3.8) is 0 Å². The smallest absolute Gasteiger partial charge is 0.338 e. The second kappa shape index (κ2) is 15.0. The van der Waals surface area contributed by atoms with Crippen LogP contribution in [0.25, 0.3) is 0 Å². The van der Waals surface area contributed by atoms with Crippen molar-refractivity contribution in [2.75, 3.05) is 51.5 Å². The largest absolute Gasteiger partial charge is 0.460 e. The van der Waals surface area contributed by atoms with Crippen LogP contribution in [0.4, 0.5) is 5.69 Å². The fourth-order valence-corrected chi connectivity index (χ4v) is 2.58. The van der Waals surface area contributed by atoms with Gasteiger partial charge in [0.15, 0.2) is 0 Å². The lowest BCUT2D eigenvalue weighted by Gasteiger charge is -2.09. The van der Waals surface area contributed by atoms with Crippen molar-refractivity contribution < 1.29 is 28.5 Å². The average Bonchev–Trinajstić information content (AvgIpc) is 2.81. The minimum absolute atomic E-state index is 0.171. The van der Waals surface area contributed by atoms with Gasteiger partial charge in [0, 0.05) is 12.2 Å². The highest BCUT2D eigenvalue weighted by Gasteiger charge is 2.07. The quantitative estimate of drug-likeness (QED) is 0.339. The molecule has 0 aliphatic heterocycles. The van der Waals surface area contributed by atoms with Crippen LogP contribution < -0.4 is 5.32 Å². The molecule has 2 aromatic rings. The second-order valence-corrected chi connectivity index (χ2v) is 6.72. The summed E-state index contributed by atoms with van der Waals surface area (Å²) in [5.74, 6) is -0.746. The number of carbonyl (C=O) groups is 2. The Labute approximate surface area is 183 Å². The predicted molar refractivity (Wildman–Crippen MR) is 118 cm³/mol. The molecule has 1 N–H and O–H groups in total. The molecule has 0 aliphatic rings. The number of ether oxygens (including phenoxy) is 4. The number of hydrogen-bond donors (Lipinski definition) is 1. The normalized spacial score (nSPS) is 10.5. The SMILES string of the molecule is CCCCNc1ccc(C(=O)OCCOCCOCCOC(=O)c2ccccc2)cc1. The number of carbonyl (C=O) groups excluding carboxylic acids is 2. The Kier molecular flexibility index (Phi) is 11.8. The molecule has 0 heterocycles. The summed E-state index contributed by atoms with van der Waals surface area (Å²) in [6.45, 7) is 4.72. The van der Waals surface area contributed by atoms with Gasteiger partial charge in [-0.2, -0.15) is 0 Å². The fraction of sp³-hybridized carbons (Fsp3) is 0.417. The molecule has 31 heavy (non-hydrogen) atoms. The van der Waals surface area contributed by atoms with E-state index in [4.69, 9.17) is 18.9 Å². The van der Waals surface area contributed by atoms with E-state index in [1.54, 1.807) is 36.4 Å². The van der Waals surface area contributed by atoms with E-state index in [0.717, 1.165) is 25.1 Å². The molecule has 0 spiro atoms. The minimum atomic E-state index is -0.375. The monoisotopic (exact) mass is 429 g/mol. The van der Waals surface area contributed by atoms with Gasteiger partial charge in [0.05, 0.1) is 37.6 Å². The van der Waals surface area contributed by atoms with Gasteiger partial charge in [0.1, 0.15) is 13.2 Å². The van der Waals surface area contributed by atoms with Gasteiger partial charge in [-0.25, -0.2) is 9.59 Å². The first-order chi connectivity index (χ1) is 15.2. The Hall–Kier alpha value is -2.90. The van der Waals surface area contributed by atoms with E-state index in [1.165, 1.54) is 0 Å². The zero-order chi connectivity index (χ0) is 22.2. The summed E-state index contributed by atoms with van der Waals surface area (Å²) < 4.78 is 21.0. The molecular formula is C24H31NO6. The average molecular weight is 430 g/mol. The molecule has 0 radical (unpaired) electrons. The summed E-state index contributed by atoms with van der Waals surface area (Å²) in [7, 11) is 0. The van der Waals surface area contributed by atoms with Crippen molar-refractivity contribution in [1.29, 1.82) is 0 Å². The van der Waals surface area contributed by atoms with Crippen LogP contribution in [-0.4, -0.2) is 58.1 Å². The van der Waals surface area contributed by atoms with Gasteiger partial charge in [-0.1, -0.05) is 31.5 Å². The van der Waals surface area contributed by atoms with Crippen molar-refractivity contribution in [3.05, 3.63) is 65.7 Å². The first-order valence-corrected chi connectivity index (χ1v) is 10.6. The van der Waals surface area contributed by atoms with Crippen molar-refractivity contribution in [1.82, 2.24) is 0 Å². The molecule has 168 valence electrons. The number of anilines is 1. The molecule has 0 saturated heterocycles. The minimum Gasteiger partial charge on any atom is -0.460 e. The lowest BCUT2D eigenvalue weighted by molar-refractivity contribution is 0.00230. The zero-order valence-corrected chi connectivity index (χ0v) is 18.0. The maximum absolute atomic E-state index is 12.0.